The predicted octanol–water partition coefficient (Wildman–Crippen LogP) is 3.41. The van der Waals surface area contributed by atoms with Crippen molar-refractivity contribution < 1.29 is 18.1 Å². The lowest BCUT2D eigenvalue weighted by Crippen LogP contribution is -2.04. The van der Waals surface area contributed by atoms with Crippen LogP contribution in [0.4, 0.5) is 18.9 Å². The Morgan fingerprint density at radius 3 is 2.65 bits per heavy atom. The summed E-state index contributed by atoms with van der Waals surface area (Å²) < 4.78 is 40.9. The Hall–Kier alpha value is -2.97. The van der Waals surface area contributed by atoms with Crippen LogP contribution in [0.2, 0.25) is 0 Å². The van der Waals surface area contributed by atoms with Gasteiger partial charge in [-0.3, -0.25) is 20.1 Å². The molecule has 6 nitrogen and oxygen atoms in total. The van der Waals surface area contributed by atoms with Gasteiger partial charge in [-0.2, -0.15) is 13.2 Å². The number of aromatic nitrogens is 3. The van der Waals surface area contributed by atoms with Crippen LogP contribution in [0.15, 0.2) is 43.0 Å². The number of hydrogen-bond donors (Lipinski definition) is 0. The summed E-state index contributed by atoms with van der Waals surface area (Å²) in [6, 6.07) is 3.42. The molecule has 0 unspecified atom stereocenters. The van der Waals surface area contributed by atoms with Crippen LogP contribution in [-0.4, -0.2) is 19.5 Å². The summed E-state index contributed by atoms with van der Waals surface area (Å²) in [6.07, 6.45) is 0.674. The molecule has 2 heterocycles. The molecule has 23 heavy (non-hydrogen) atoms. The number of rotatable bonds is 3. The molecule has 0 aliphatic rings. The fourth-order valence-corrected chi connectivity index (χ4v) is 2.34. The van der Waals surface area contributed by atoms with Gasteiger partial charge in [0.05, 0.1) is 28.9 Å². The highest BCUT2D eigenvalue weighted by Gasteiger charge is 2.35. The van der Waals surface area contributed by atoms with Crippen LogP contribution < -0.4 is 0 Å². The lowest BCUT2D eigenvalue weighted by molar-refractivity contribution is -0.384. The largest absolute Gasteiger partial charge is 0.418 e. The molecule has 0 amide bonds. The molecule has 0 N–H and O–H groups in total. The van der Waals surface area contributed by atoms with E-state index in [-0.39, 0.29) is 23.1 Å². The standard InChI is InChI=1S/C14H9F3N4O2/c15-14(16,17)12-8-20(7-9-6-18-3-4-19-9)13-2-1-10(21(22)23)5-11(12)13/h1-6,8H,7H2. The molecule has 0 aliphatic heterocycles. The fourth-order valence-electron chi connectivity index (χ4n) is 2.34. The number of alkyl halides is 3. The van der Waals surface area contributed by atoms with E-state index in [1.807, 2.05) is 0 Å². The maximum Gasteiger partial charge on any atom is 0.418 e. The van der Waals surface area contributed by atoms with Crippen molar-refractivity contribution >= 4 is 16.6 Å². The molecule has 0 saturated carbocycles. The van der Waals surface area contributed by atoms with Gasteiger partial charge in [0.25, 0.3) is 5.69 Å². The first-order valence-electron chi connectivity index (χ1n) is 6.45. The van der Waals surface area contributed by atoms with Crippen LogP contribution in [-0.2, 0) is 12.7 Å². The zero-order chi connectivity index (χ0) is 16.6. The van der Waals surface area contributed by atoms with Crippen molar-refractivity contribution in [3.05, 3.63) is 64.4 Å². The number of halogens is 3. The van der Waals surface area contributed by atoms with Gasteiger partial charge in [-0.25, -0.2) is 0 Å². The maximum absolute atomic E-state index is 13.2. The lowest BCUT2D eigenvalue weighted by atomic mass is 10.1. The molecule has 3 aromatic rings. The van der Waals surface area contributed by atoms with E-state index in [1.165, 1.54) is 35.3 Å². The van der Waals surface area contributed by atoms with Crippen molar-refractivity contribution in [3.8, 4) is 0 Å². The van der Waals surface area contributed by atoms with Gasteiger partial charge in [-0.15, -0.1) is 0 Å². The van der Waals surface area contributed by atoms with E-state index in [0.29, 0.717) is 5.69 Å². The summed E-state index contributed by atoms with van der Waals surface area (Å²) in [5, 5.41) is 10.6. The average molecular weight is 322 g/mol. The number of nitro groups is 1. The number of fused-ring (bicyclic) bond motifs is 1. The number of nitro benzene ring substituents is 1. The van der Waals surface area contributed by atoms with Gasteiger partial charge in [0.1, 0.15) is 0 Å². The Morgan fingerprint density at radius 2 is 2.04 bits per heavy atom. The number of nitrogens with zero attached hydrogens (tertiary/aromatic N) is 4. The molecule has 0 radical (unpaired) electrons. The van der Waals surface area contributed by atoms with Crippen molar-refractivity contribution in [1.29, 1.82) is 0 Å². The number of benzene rings is 1. The van der Waals surface area contributed by atoms with Crippen LogP contribution >= 0.6 is 0 Å². The summed E-state index contributed by atoms with van der Waals surface area (Å²) in [5.74, 6) is 0. The van der Waals surface area contributed by atoms with Gasteiger partial charge >= 0.3 is 6.18 Å². The van der Waals surface area contributed by atoms with E-state index < -0.39 is 16.7 Å². The second kappa shape index (κ2) is 5.34. The van der Waals surface area contributed by atoms with Crippen LogP contribution in [0, 0.1) is 10.1 Å². The first-order valence-corrected chi connectivity index (χ1v) is 6.45. The van der Waals surface area contributed by atoms with Gasteiger partial charge in [0.15, 0.2) is 0 Å². The van der Waals surface area contributed by atoms with Crippen molar-refractivity contribution in [3.63, 3.8) is 0 Å². The van der Waals surface area contributed by atoms with Crippen LogP contribution in [0.3, 0.4) is 0 Å². The first-order chi connectivity index (χ1) is 10.9. The second-order valence-electron chi connectivity index (χ2n) is 4.82. The predicted molar refractivity (Wildman–Crippen MR) is 74.7 cm³/mol. The molecule has 118 valence electrons. The molecular weight excluding hydrogens is 313 g/mol. The Labute approximate surface area is 127 Å². The fraction of sp³-hybridized carbons (Fsp3) is 0.143. The monoisotopic (exact) mass is 322 g/mol. The van der Waals surface area contributed by atoms with Crippen molar-refractivity contribution in [1.82, 2.24) is 14.5 Å². The van der Waals surface area contributed by atoms with Crippen LogP contribution in [0.1, 0.15) is 11.3 Å². The minimum atomic E-state index is -4.61. The molecule has 0 spiro atoms. The minimum Gasteiger partial charge on any atom is -0.341 e. The second-order valence-corrected chi connectivity index (χ2v) is 4.82. The third-order valence-electron chi connectivity index (χ3n) is 3.33. The van der Waals surface area contributed by atoms with Gasteiger partial charge in [-0.1, -0.05) is 0 Å². The first kappa shape index (κ1) is 14.9. The highest BCUT2D eigenvalue weighted by molar-refractivity contribution is 5.86. The van der Waals surface area contributed by atoms with Gasteiger partial charge < -0.3 is 4.57 Å². The van der Waals surface area contributed by atoms with Gasteiger partial charge in [0.2, 0.25) is 0 Å². The molecule has 2 aromatic heterocycles. The topological polar surface area (TPSA) is 73.8 Å². The normalized spacial score (nSPS) is 11.8. The molecule has 3 rings (SSSR count). The van der Waals surface area contributed by atoms with Crippen molar-refractivity contribution in [2.45, 2.75) is 12.7 Å². The Bertz CT molecular complexity index is 875. The highest BCUT2D eigenvalue weighted by atomic mass is 19.4. The van der Waals surface area contributed by atoms with E-state index >= 15 is 0 Å². The molecule has 0 bridgehead atoms. The zero-order valence-electron chi connectivity index (χ0n) is 11.5. The number of non-ortho nitro benzene ring substituents is 1. The molecule has 9 heteroatoms. The van der Waals surface area contributed by atoms with Gasteiger partial charge in [-0.05, 0) is 6.07 Å². The Morgan fingerprint density at radius 1 is 1.26 bits per heavy atom. The third kappa shape index (κ3) is 2.85. The van der Waals surface area contributed by atoms with Crippen molar-refractivity contribution in [2.24, 2.45) is 0 Å². The minimum absolute atomic E-state index is 0.0816. The van der Waals surface area contributed by atoms with E-state index in [1.54, 1.807) is 0 Å². The summed E-state index contributed by atoms with van der Waals surface area (Å²) in [4.78, 5) is 18.0. The van der Waals surface area contributed by atoms with Crippen LogP contribution in [0.25, 0.3) is 10.9 Å². The van der Waals surface area contributed by atoms with Crippen molar-refractivity contribution in [2.75, 3.05) is 0 Å². The third-order valence-corrected chi connectivity index (χ3v) is 3.33. The Kier molecular flexibility index (Phi) is 3.47. The summed E-state index contributed by atoms with van der Waals surface area (Å²) >= 11 is 0. The zero-order valence-corrected chi connectivity index (χ0v) is 11.5. The van der Waals surface area contributed by atoms with E-state index in [2.05, 4.69) is 9.97 Å². The number of hydrogen-bond acceptors (Lipinski definition) is 4. The quantitative estimate of drug-likeness (QED) is 0.547. The molecule has 0 fully saturated rings. The molecule has 0 atom stereocenters. The smallest absolute Gasteiger partial charge is 0.341 e. The summed E-state index contributed by atoms with van der Waals surface area (Å²) in [6.45, 7) is 0.0816. The maximum atomic E-state index is 13.2. The Balaban J connectivity index is 2.17. The SMILES string of the molecule is O=[N+]([O-])c1ccc2c(c1)c(C(F)(F)F)cn2Cc1cnccn1. The molecule has 0 aliphatic carbocycles. The van der Waals surface area contributed by atoms with E-state index in [0.717, 1.165) is 12.3 Å². The molecular formula is C14H9F3N4O2. The van der Waals surface area contributed by atoms with Gasteiger partial charge in [0, 0.05) is 41.6 Å². The van der Waals surface area contributed by atoms with Crippen LogP contribution in [0.5, 0.6) is 0 Å². The van der Waals surface area contributed by atoms with E-state index in [4.69, 9.17) is 0 Å². The summed E-state index contributed by atoms with van der Waals surface area (Å²) in [7, 11) is 0. The lowest BCUT2D eigenvalue weighted by Gasteiger charge is -2.04. The molecule has 0 saturated heterocycles. The highest BCUT2D eigenvalue weighted by Crippen LogP contribution is 2.37. The molecule has 1 aromatic carbocycles. The average Bonchev–Trinajstić information content (AvgIpc) is 2.86. The van der Waals surface area contributed by atoms with E-state index in [9.17, 15) is 23.3 Å². The summed E-state index contributed by atoms with van der Waals surface area (Å²) in [5.41, 5.74) is -0.578.